The Hall–Kier alpha value is -0.830. The van der Waals surface area contributed by atoms with Gasteiger partial charge in [-0.1, -0.05) is 28.1 Å². The third-order valence-corrected chi connectivity index (χ3v) is 5.00. The molecule has 1 fully saturated rings. The molecule has 1 aromatic rings. The van der Waals surface area contributed by atoms with Gasteiger partial charge in [-0.05, 0) is 48.8 Å². The van der Waals surface area contributed by atoms with Crippen LogP contribution >= 0.6 is 15.9 Å². The quantitative estimate of drug-likeness (QED) is 0.768. The van der Waals surface area contributed by atoms with Crippen molar-refractivity contribution in [2.24, 2.45) is 5.92 Å². The highest BCUT2D eigenvalue weighted by Crippen LogP contribution is 2.34. The van der Waals surface area contributed by atoms with Crippen LogP contribution in [-0.4, -0.2) is 17.8 Å². The van der Waals surface area contributed by atoms with Gasteiger partial charge in [-0.3, -0.25) is 4.79 Å². The van der Waals surface area contributed by atoms with Crippen LogP contribution in [0, 0.1) is 5.92 Å². The number of nitrogens with zero attached hydrogens (tertiary/aromatic N) is 1. The number of rotatable bonds is 2. The van der Waals surface area contributed by atoms with Crippen molar-refractivity contribution < 1.29 is 4.79 Å². The van der Waals surface area contributed by atoms with E-state index in [2.05, 4.69) is 34.1 Å². The van der Waals surface area contributed by atoms with E-state index in [9.17, 15) is 4.79 Å². The van der Waals surface area contributed by atoms with Gasteiger partial charge < -0.3 is 4.90 Å². The summed E-state index contributed by atoms with van der Waals surface area (Å²) in [6.07, 6.45) is 5.54. The highest BCUT2D eigenvalue weighted by atomic mass is 79.9. The molecule has 1 unspecified atom stereocenters. The zero-order valence-corrected chi connectivity index (χ0v) is 12.1. The normalized spacial score (nSPS) is 23.3. The molecular weight excluding hydrogens is 290 g/mol. The lowest BCUT2D eigenvalue weighted by molar-refractivity contribution is -0.117. The highest BCUT2D eigenvalue weighted by Gasteiger charge is 2.31. The smallest absolute Gasteiger partial charge is 0.227 e. The van der Waals surface area contributed by atoms with E-state index in [1.165, 1.54) is 36.1 Å². The van der Waals surface area contributed by atoms with Crippen molar-refractivity contribution in [1.29, 1.82) is 0 Å². The lowest BCUT2D eigenvalue weighted by Crippen LogP contribution is -2.26. The fourth-order valence-corrected chi connectivity index (χ4v) is 3.57. The minimum absolute atomic E-state index is 0.290. The topological polar surface area (TPSA) is 20.3 Å². The van der Waals surface area contributed by atoms with Gasteiger partial charge in [0, 0.05) is 24.0 Å². The first-order chi connectivity index (χ1) is 8.79. The maximum absolute atomic E-state index is 12.1. The molecule has 2 aliphatic rings. The molecule has 1 aliphatic carbocycles. The van der Waals surface area contributed by atoms with Crippen molar-refractivity contribution in [3.63, 3.8) is 0 Å². The first-order valence-electron chi connectivity index (χ1n) is 6.76. The Balaban J connectivity index is 1.95. The second-order valence-electron chi connectivity index (χ2n) is 5.35. The van der Waals surface area contributed by atoms with Crippen LogP contribution in [0.15, 0.2) is 18.2 Å². The summed E-state index contributed by atoms with van der Waals surface area (Å²) >= 11 is 3.50. The van der Waals surface area contributed by atoms with Crippen LogP contribution < -0.4 is 4.90 Å². The molecule has 0 N–H and O–H groups in total. The van der Waals surface area contributed by atoms with Crippen molar-refractivity contribution in [3.05, 3.63) is 29.3 Å². The standard InChI is InChI=1S/C15H18BrNO/c16-9-11-8-15(18)17(10-11)14-7-3-5-12-4-1-2-6-13(12)14/h3,5,7,11H,1-2,4,6,8-10H2. The summed E-state index contributed by atoms with van der Waals surface area (Å²) in [6, 6.07) is 6.45. The number of anilines is 1. The first-order valence-corrected chi connectivity index (χ1v) is 7.89. The second kappa shape index (κ2) is 5.04. The molecule has 0 spiro atoms. The molecule has 18 heavy (non-hydrogen) atoms. The lowest BCUT2D eigenvalue weighted by Gasteiger charge is -2.25. The van der Waals surface area contributed by atoms with Gasteiger partial charge in [-0.25, -0.2) is 0 Å². The number of amides is 1. The van der Waals surface area contributed by atoms with Crippen LogP contribution in [0.25, 0.3) is 0 Å². The molecule has 1 saturated heterocycles. The molecule has 1 atom stereocenters. The molecule has 96 valence electrons. The predicted octanol–water partition coefficient (Wildman–Crippen LogP) is 3.31. The monoisotopic (exact) mass is 307 g/mol. The van der Waals surface area contributed by atoms with Gasteiger partial charge in [0.15, 0.2) is 0 Å². The summed E-state index contributed by atoms with van der Waals surface area (Å²) in [5.41, 5.74) is 4.06. The van der Waals surface area contributed by atoms with Crippen LogP contribution in [0.2, 0.25) is 0 Å². The van der Waals surface area contributed by atoms with E-state index in [1.807, 2.05) is 4.90 Å². The van der Waals surface area contributed by atoms with Gasteiger partial charge in [0.25, 0.3) is 0 Å². The molecule has 1 aliphatic heterocycles. The van der Waals surface area contributed by atoms with Gasteiger partial charge in [0.2, 0.25) is 5.91 Å². The number of alkyl halides is 1. The number of halogens is 1. The molecule has 0 saturated carbocycles. The van der Waals surface area contributed by atoms with Crippen LogP contribution in [0.4, 0.5) is 5.69 Å². The van der Waals surface area contributed by atoms with Crippen LogP contribution in [0.5, 0.6) is 0 Å². The Bertz CT molecular complexity index is 472. The number of carbonyl (C=O) groups is 1. The van der Waals surface area contributed by atoms with Crippen molar-refractivity contribution >= 4 is 27.5 Å². The third kappa shape index (κ3) is 2.09. The van der Waals surface area contributed by atoms with Gasteiger partial charge in [0.05, 0.1) is 0 Å². The fourth-order valence-electron chi connectivity index (χ4n) is 3.13. The fraction of sp³-hybridized carbons (Fsp3) is 0.533. The molecule has 1 amide bonds. The van der Waals surface area contributed by atoms with E-state index < -0.39 is 0 Å². The highest BCUT2D eigenvalue weighted by molar-refractivity contribution is 9.09. The molecule has 0 bridgehead atoms. The summed E-state index contributed by atoms with van der Waals surface area (Å²) in [6.45, 7) is 0.876. The number of fused-ring (bicyclic) bond motifs is 1. The molecule has 1 aromatic carbocycles. The molecule has 3 rings (SSSR count). The minimum atomic E-state index is 0.290. The SMILES string of the molecule is O=C1CC(CBr)CN1c1cccc2c1CCCC2. The number of carbonyl (C=O) groups excluding carboxylic acids is 1. The largest absolute Gasteiger partial charge is 0.312 e. The number of aryl methyl sites for hydroxylation is 1. The number of hydrogen-bond acceptors (Lipinski definition) is 1. The Morgan fingerprint density at radius 2 is 2.11 bits per heavy atom. The van der Waals surface area contributed by atoms with Crippen molar-refractivity contribution in [2.45, 2.75) is 32.1 Å². The Labute approximate surface area is 116 Å². The summed E-state index contributed by atoms with van der Waals surface area (Å²) in [4.78, 5) is 14.1. The third-order valence-electron chi connectivity index (χ3n) is 4.09. The van der Waals surface area contributed by atoms with Gasteiger partial charge in [-0.15, -0.1) is 0 Å². The first kappa shape index (κ1) is 12.2. The van der Waals surface area contributed by atoms with E-state index in [0.29, 0.717) is 18.2 Å². The predicted molar refractivity (Wildman–Crippen MR) is 77.3 cm³/mol. The van der Waals surface area contributed by atoms with Crippen molar-refractivity contribution in [1.82, 2.24) is 0 Å². The maximum atomic E-state index is 12.1. The minimum Gasteiger partial charge on any atom is -0.312 e. The average molecular weight is 308 g/mol. The second-order valence-corrected chi connectivity index (χ2v) is 6.00. The van der Waals surface area contributed by atoms with Crippen molar-refractivity contribution in [3.8, 4) is 0 Å². The summed E-state index contributed by atoms with van der Waals surface area (Å²) < 4.78 is 0. The summed E-state index contributed by atoms with van der Waals surface area (Å²) in [7, 11) is 0. The molecular formula is C15H18BrNO. The van der Waals surface area contributed by atoms with Gasteiger partial charge in [-0.2, -0.15) is 0 Å². The van der Waals surface area contributed by atoms with Gasteiger partial charge >= 0.3 is 0 Å². The molecule has 3 heteroatoms. The maximum Gasteiger partial charge on any atom is 0.227 e. The van der Waals surface area contributed by atoms with E-state index >= 15 is 0 Å². The van der Waals surface area contributed by atoms with Gasteiger partial charge in [0.1, 0.15) is 0 Å². The van der Waals surface area contributed by atoms with E-state index in [4.69, 9.17) is 0 Å². The number of benzene rings is 1. The summed E-state index contributed by atoms with van der Waals surface area (Å²) in [5, 5.41) is 0.921. The Morgan fingerprint density at radius 3 is 2.89 bits per heavy atom. The van der Waals surface area contributed by atoms with E-state index in [1.54, 1.807) is 0 Å². The zero-order valence-electron chi connectivity index (χ0n) is 10.5. The zero-order chi connectivity index (χ0) is 12.5. The van der Waals surface area contributed by atoms with Crippen LogP contribution in [0.1, 0.15) is 30.4 Å². The molecule has 1 heterocycles. The summed E-state index contributed by atoms with van der Waals surface area (Å²) in [5.74, 6) is 0.760. The molecule has 2 nitrogen and oxygen atoms in total. The Kier molecular flexibility index (Phi) is 3.42. The number of hydrogen-bond donors (Lipinski definition) is 0. The van der Waals surface area contributed by atoms with Crippen molar-refractivity contribution in [2.75, 3.05) is 16.8 Å². The van der Waals surface area contributed by atoms with Crippen LogP contribution in [-0.2, 0) is 17.6 Å². The average Bonchev–Trinajstić information content (AvgIpc) is 2.79. The van der Waals surface area contributed by atoms with E-state index in [-0.39, 0.29) is 0 Å². The lowest BCUT2D eigenvalue weighted by atomic mass is 9.90. The Morgan fingerprint density at radius 1 is 1.28 bits per heavy atom. The van der Waals surface area contributed by atoms with E-state index in [0.717, 1.165) is 18.3 Å². The van der Waals surface area contributed by atoms with Crippen LogP contribution in [0.3, 0.4) is 0 Å². The molecule has 0 aromatic heterocycles. The molecule has 0 radical (unpaired) electrons.